The van der Waals surface area contributed by atoms with E-state index in [0.717, 1.165) is 13.0 Å². The lowest BCUT2D eigenvalue weighted by Gasteiger charge is -2.32. The molecule has 90 valence electrons. The van der Waals surface area contributed by atoms with Crippen LogP contribution in [0.2, 0.25) is 0 Å². The lowest BCUT2D eigenvalue weighted by molar-refractivity contribution is 0.193. The summed E-state index contributed by atoms with van der Waals surface area (Å²) in [6.07, 6.45) is 6.90. The number of nitrogens with one attached hydrogen (secondary N) is 2. The van der Waals surface area contributed by atoms with Crippen molar-refractivity contribution >= 4 is 5.70 Å². The van der Waals surface area contributed by atoms with Crippen molar-refractivity contribution in [3.8, 4) is 0 Å². The summed E-state index contributed by atoms with van der Waals surface area (Å²) in [6, 6.07) is 4.73. The average Bonchev–Trinajstić information content (AvgIpc) is 2.82. The van der Waals surface area contributed by atoms with Gasteiger partial charge in [-0.15, -0.1) is 0 Å². The average molecular weight is 231 g/mol. The highest BCUT2D eigenvalue weighted by atomic mass is 16.3. The molecule has 0 bridgehead atoms. The molecule has 0 amide bonds. The number of aliphatic hydroxyl groups excluding tert-OH is 1. The fraction of sp³-hybridized carbons (Fsp3) is 0.462. The summed E-state index contributed by atoms with van der Waals surface area (Å²) in [4.78, 5) is 4.03. The molecule has 4 nitrogen and oxygen atoms in total. The molecule has 0 radical (unpaired) electrons. The number of piperidine rings is 1. The van der Waals surface area contributed by atoms with Crippen molar-refractivity contribution in [2.24, 2.45) is 5.92 Å². The summed E-state index contributed by atoms with van der Waals surface area (Å²) in [6.45, 7) is 1.16. The summed E-state index contributed by atoms with van der Waals surface area (Å²) < 4.78 is 0. The second kappa shape index (κ2) is 4.47. The maximum absolute atomic E-state index is 9.18. The predicted octanol–water partition coefficient (Wildman–Crippen LogP) is 0.365. The molecule has 3 N–H and O–H groups in total. The minimum atomic E-state index is 0.218. The predicted molar refractivity (Wildman–Crippen MR) is 66.1 cm³/mol. The Hall–Kier alpha value is -1.39. The van der Waals surface area contributed by atoms with Crippen molar-refractivity contribution in [3.63, 3.8) is 0 Å². The highest BCUT2D eigenvalue weighted by Gasteiger charge is 2.33. The molecule has 0 aliphatic carbocycles. The number of pyridine rings is 1. The minimum Gasteiger partial charge on any atom is -0.395 e. The van der Waals surface area contributed by atoms with Crippen molar-refractivity contribution in [2.75, 3.05) is 13.2 Å². The number of rotatable bonds is 2. The molecule has 0 spiro atoms. The van der Waals surface area contributed by atoms with Crippen LogP contribution in [0.5, 0.6) is 0 Å². The summed E-state index contributed by atoms with van der Waals surface area (Å²) in [7, 11) is 0. The van der Waals surface area contributed by atoms with E-state index in [-0.39, 0.29) is 12.6 Å². The monoisotopic (exact) mass is 231 g/mol. The molecule has 3 atom stereocenters. The Morgan fingerprint density at radius 2 is 2.18 bits per heavy atom. The normalized spacial score (nSPS) is 31.6. The van der Waals surface area contributed by atoms with Crippen LogP contribution < -0.4 is 10.6 Å². The highest BCUT2D eigenvalue weighted by molar-refractivity contribution is 5.66. The molecule has 4 heteroatoms. The fourth-order valence-corrected chi connectivity index (χ4v) is 2.66. The number of nitrogens with zero attached hydrogens (tertiary/aromatic N) is 1. The van der Waals surface area contributed by atoms with Crippen LogP contribution in [0.1, 0.15) is 12.0 Å². The lowest BCUT2D eigenvalue weighted by atomic mass is 9.91. The zero-order chi connectivity index (χ0) is 11.7. The smallest absolute Gasteiger partial charge is 0.0585 e. The zero-order valence-corrected chi connectivity index (χ0v) is 9.63. The van der Waals surface area contributed by atoms with Gasteiger partial charge in [0.15, 0.2) is 0 Å². The molecule has 0 saturated carbocycles. The van der Waals surface area contributed by atoms with E-state index >= 15 is 0 Å². The first-order valence-corrected chi connectivity index (χ1v) is 6.10. The third kappa shape index (κ3) is 2.06. The SMILES string of the molecule is OCC1CC2NC(c3ccncc3)=CC2CN1. The van der Waals surface area contributed by atoms with Gasteiger partial charge in [0.05, 0.1) is 6.61 Å². The second-order valence-corrected chi connectivity index (χ2v) is 4.75. The Morgan fingerprint density at radius 3 is 2.94 bits per heavy atom. The van der Waals surface area contributed by atoms with E-state index in [1.54, 1.807) is 0 Å². The highest BCUT2D eigenvalue weighted by Crippen LogP contribution is 2.28. The van der Waals surface area contributed by atoms with Gasteiger partial charge in [0.2, 0.25) is 0 Å². The molecule has 1 aromatic rings. The topological polar surface area (TPSA) is 57.2 Å². The van der Waals surface area contributed by atoms with Gasteiger partial charge in [0.25, 0.3) is 0 Å². The molecule has 3 rings (SSSR count). The molecule has 1 aromatic heterocycles. The number of fused-ring (bicyclic) bond motifs is 1. The number of aromatic nitrogens is 1. The van der Waals surface area contributed by atoms with Gasteiger partial charge in [-0.2, -0.15) is 0 Å². The quantitative estimate of drug-likeness (QED) is 0.688. The largest absolute Gasteiger partial charge is 0.395 e. The molecular formula is C13H17N3O. The molecule has 2 aliphatic heterocycles. The van der Waals surface area contributed by atoms with Crippen LogP contribution in [-0.2, 0) is 0 Å². The number of aliphatic hydroxyl groups is 1. The molecule has 3 unspecified atom stereocenters. The minimum absolute atomic E-state index is 0.218. The summed E-state index contributed by atoms with van der Waals surface area (Å²) >= 11 is 0. The summed E-state index contributed by atoms with van der Waals surface area (Å²) in [5, 5.41) is 16.1. The Kier molecular flexibility index (Phi) is 2.82. The van der Waals surface area contributed by atoms with Crippen molar-refractivity contribution in [3.05, 3.63) is 36.2 Å². The van der Waals surface area contributed by atoms with Crippen LogP contribution in [0, 0.1) is 5.92 Å². The van der Waals surface area contributed by atoms with Crippen molar-refractivity contribution < 1.29 is 5.11 Å². The van der Waals surface area contributed by atoms with Crippen molar-refractivity contribution in [1.82, 2.24) is 15.6 Å². The first-order valence-electron chi connectivity index (χ1n) is 6.10. The Labute approximate surface area is 101 Å². The van der Waals surface area contributed by atoms with Gasteiger partial charge >= 0.3 is 0 Å². The van der Waals surface area contributed by atoms with Crippen LogP contribution in [0.25, 0.3) is 5.70 Å². The van der Waals surface area contributed by atoms with Gasteiger partial charge in [-0.05, 0) is 18.6 Å². The van der Waals surface area contributed by atoms with E-state index in [1.807, 2.05) is 24.5 Å². The number of hydrogen-bond acceptors (Lipinski definition) is 4. The van der Waals surface area contributed by atoms with Crippen LogP contribution in [0.3, 0.4) is 0 Å². The third-order valence-corrected chi connectivity index (χ3v) is 3.63. The maximum Gasteiger partial charge on any atom is 0.0585 e. The molecule has 1 fully saturated rings. The summed E-state index contributed by atoms with van der Waals surface area (Å²) in [5.41, 5.74) is 2.39. The van der Waals surface area contributed by atoms with Gasteiger partial charge in [-0.1, -0.05) is 6.08 Å². The van der Waals surface area contributed by atoms with Crippen molar-refractivity contribution in [2.45, 2.75) is 18.5 Å². The van der Waals surface area contributed by atoms with Crippen LogP contribution in [-0.4, -0.2) is 35.3 Å². The van der Waals surface area contributed by atoms with Crippen LogP contribution in [0.4, 0.5) is 0 Å². The number of hydrogen-bond donors (Lipinski definition) is 3. The standard InChI is InChI=1S/C13H17N3O/c17-8-11-6-13-10(7-15-11)5-12(16-13)9-1-3-14-4-2-9/h1-5,10-11,13,15-17H,6-8H2. The first-order chi connectivity index (χ1) is 8.36. The molecule has 0 aromatic carbocycles. The molecule has 2 aliphatic rings. The molecular weight excluding hydrogens is 214 g/mol. The maximum atomic E-state index is 9.18. The second-order valence-electron chi connectivity index (χ2n) is 4.75. The molecule has 17 heavy (non-hydrogen) atoms. The van der Waals surface area contributed by atoms with Crippen LogP contribution in [0.15, 0.2) is 30.6 Å². The van der Waals surface area contributed by atoms with E-state index < -0.39 is 0 Å². The van der Waals surface area contributed by atoms with E-state index in [2.05, 4.69) is 21.7 Å². The van der Waals surface area contributed by atoms with E-state index in [0.29, 0.717) is 12.0 Å². The van der Waals surface area contributed by atoms with Gasteiger partial charge in [-0.25, -0.2) is 0 Å². The van der Waals surface area contributed by atoms with E-state index in [9.17, 15) is 5.11 Å². The molecule has 3 heterocycles. The third-order valence-electron chi connectivity index (χ3n) is 3.63. The first kappa shape index (κ1) is 10.7. The Bertz CT molecular complexity index is 418. The Morgan fingerprint density at radius 1 is 1.35 bits per heavy atom. The van der Waals surface area contributed by atoms with Gasteiger partial charge in [-0.3, -0.25) is 4.98 Å². The van der Waals surface area contributed by atoms with Crippen molar-refractivity contribution in [1.29, 1.82) is 0 Å². The van der Waals surface area contributed by atoms with Gasteiger partial charge in [0, 0.05) is 48.2 Å². The van der Waals surface area contributed by atoms with E-state index in [1.165, 1.54) is 11.3 Å². The zero-order valence-electron chi connectivity index (χ0n) is 9.63. The molecule has 1 saturated heterocycles. The van der Waals surface area contributed by atoms with E-state index in [4.69, 9.17) is 0 Å². The summed E-state index contributed by atoms with van der Waals surface area (Å²) in [5.74, 6) is 0.529. The van der Waals surface area contributed by atoms with Gasteiger partial charge in [0.1, 0.15) is 0 Å². The van der Waals surface area contributed by atoms with Crippen LogP contribution >= 0.6 is 0 Å². The fourth-order valence-electron chi connectivity index (χ4n) is 2.66. The van der Waals surface area contributed by atoms with Gasteiger partial charge < -0.3 is 15.7 Å². The Balaban J connectivity index is 1.75. The lowest BCUT2D eigenvalue weighted by Crippen LogP contribution is -2.49.